The van der Waals surface area contributed by atoms with Crippen molar-refractivity contribution in [3.63, 3.8) is 0 Å². The zero-order valence-electron chi connectivity index (χ0n) is 17.7. The molecule has 31 heavy (non-hydrogen) atoms. The first kappa shape index (κ1) is 20.9. The summed E-state index contributed by atoms with van der Waals surface area (Å²) in [6, 6.07) is 15.0. The number of rotatable bonds is 7. The lowest BCUT2D eigenvalue weighted by Gasteiger charge is -2.30. The van der Waals surface area contributed by atoms with Gasteiger partial charge in [-0.3, -0.25) is 9.69 Å². The van der Waals surface area contributed by atoms with E-state index in [0.29, 0.717) is 36.3 Å². The molecule has 0 bridgehead atoms. The number of piperidine rings is 1. The maximum Gasteiger partial charge on any atom is 0.241 e. The van der Waals surface area contributed by atoms with Crippen molar-refractivity contribution in [1.29, 1.82) is 0 Å². The molecule has 2 aromatic carbocycles. The first-order chi connectivity index (χ1) is 15.2. The van der Waals surface area contributed by atoms with Crippen LogP contribution in [-0.2, 0) is 11.3 Å². The molecular formula is C23H26N4O4. The molecule has 0 unspecified atom stereocenters. The zero-order valence-corrected chi connectivity index (χ0v) is 17.7. The predicted molar refractivity (Wildman–Crippen MR) is 116 cm³/mol. The number of nitrogens with zero attached hydrogens (tertiary/aromatic N) is 3. The molecule has 0 saturated carbocycles. The largest absolute Gasteiger partial charge is 0.493 e. The number of aromatic nitrogens is 2. The maximum absolute atomic E-state index is 12.7. The number of ether oxygens (including phenoxy) is 2. The number of hydrogen-bond acceptors (Lipinski definition) is 7. The van der Waals surface area contributed by atoms with Crippen LogP contribution in [-0.4, -0.2) is 48.3 Å². The van der Waals surface area contributed by atoms with Gasteiger partial charge in [-0.05, 0) is 49.7 Å². The van der Waals surface area contributed by atoms with Gasteiger partial charge in [-0.25, -0.2) is 0 Å². The van der Waals surface area contributed by atoms with Crippen LogP contribution in [0, 0.1) is 5.92 Å². The third kappa shape index (κ3) is 5.03. The number of benzene rings is 2. The molecule has 1 fully saturated rings. The van der Waals surface area contributed by atoms with E-state index in [9.17, 15) is 4.79 Å². The van der Waals surface area contributed by atoms with Crippen LogP contribution in [0.15, 0.2) is 53.1 Å². The fourth-order valence-corrected chi connectivity index (χ4v) is 3.78. The highest BCUT2D eigenvalue weighted by Gasteiger charge is 2.27. The van der Waals surface area contributed by atoms with E-state index in [-0.39, 0.29) is 11.8 Å². The number of methoxy groups -OCH3 is 2. The van der Waals surface area contributed by atoms with Crippen molar-refractivity contribution < 1.29 is 18.8 Å². The molecule has 8 heteroatoms. The minimum atomic E-state index is -0.0674. The molecule has 1 aliphatic heterocycles. The number of para-hydroxylation sites is 1. The third-order valence-electron chi connectivity index (χ3n) is 5.39. The number of carbonyl (C=O) groups excluding carboxylic acids is 1. The first-order valence-electron chi connectivity index (χ1n) is 10.3. The summed E-state index contributed by atoms with van der Waals surface area (Å²) in [6.45, 7) is 2.06. The molecule has 0 aliphatic carbocycles. The van der Waals surface area contributed by atoms with E-state index in [4.69, 9.17) is 14.0 Å². The summed E-state index contributed by atoms with van der Waals surface area (Å²) < 4.78 is 16.1. The second-order valence-corrected chi connectivity index (χ2v) is 7.51. The molecule has 8 nitrogen and oxygen atoms in total. The maximum atomic E-state index is 12.7. The van der Waals surface area contributed by atoms with Crippen molar-refractivity contribution in [2.75, 3.05) is 32.6 Å². The van der Waals surface area contributed by atoms with Crippen molar-refractivity contribution in [2.45, 2.75) is 19.4 Å². The summed E-state index contributed by atoms with van der Waals surface area (Å²) in [6.07, 6.45) is 1.82. The van der Waals surface area contributed by atoms with E-state index in [1.165, 1.54) is 0 Å². The van der Waals surface area contributed by atoms with Gasteiger partial charge in [0.15, 0.2) is 11.5 Å². The molecule has 1 atom stereocenters. The minimum Gasteiger partial charge on any atom is -0.493 e. The normalized spacial score (nSPS) is 16.6. The van der Waals surface area contributed by atoms with Crippen LogP contribution in [0.25, 0.3) is 11.4 Å². The van der Waals surface area contributed by atoms with Gasteiger partial charge in [0.05, 0.1) is 26.7 Å². The average Bonchev–Trinajstić information content (AvgIpc) is 3.28. The molecule has 162 valence electrons. The lowest BCUT2D eigenvalue weighted by atomic mass is 9.97. The molecule has 1 aliphatic rings. The van der Waals surface area contributed by atoms with Gasteiger partial charge in [-0.2, -0.15) is 4.98 Å². The Morgan fingerprint density at radius 3 is 2.74 bits per heavy atom. The molecule has 0 radical (unpaired) electrons. The van der Waals surface area contributed by atoms with Gasteiger partial charge in [-0.15, -0.1) is 0 Å². The number of likely N-dealkylation sites (tertiary alicyclic amines) is 1. The van der Waals surface area contributed by atoms with E-state index in [2.05, 4.69) is 20.4 Å². The molecule has 1 N–H and O–H groups in total. The third-order valence-corrected chi connectivity index (χ3v) is 5.39. The van der Waals surface area contributed by atoms with Gasteiger partial charge < -0.3 is 19.3 Å². The fraction of sp³-hybridized carbons (Fsp3) is 0.348. The Kier molecular flexibility index (Phi) is 6.47. The van der Waals surface area contributed by atoms with E-state index in [1.54, 1.807) is 14.2 Å². The van der Waals surface area contributed by atoms with Crippen molar-refractivity contribution in [1.82, 2.24) is 15.0 Å². The lowest BCUT2D eigenvalue weighted by Crippen LogP contribution is -2.40. The topological polar surface area (TPSA) is 89.7 Å². The fourth-order valence-electron chi connectivity index (χ4n) is 3.78. The average molecular weight is 422 g/mol. The van der Waals surface area contributed by atoms with Gasteiger partial charge in [0.2, 0.25) is 17.6 Å². The highest BCUT2D eigenvalue weighted by molar-refractivity contribution is 5.92. The zero-order chi connectivity index (χ0) is 21.6. The smallest absolute Gasteiger partial charge is 0.241 e. The summed E-state index contributed by atoms with van der Waals surface area (Å²) in [7, 11) is 3.18. The van der Waals surface area contributed by atoms with Gasteiger partial charge >= 0.3 is 0 Å². The molecule has 1 amide bonds. The van der Waals surface area contributed by atoms with Crippen LogP contribution in [0.4, 0.5) is 5.69 Å². The second-order valence-electron chi connectivity index (χ2n) is 7.51. The molecule has 0 spiro atoms. The van der Waals surface area contributed by atoms with E-state index < -0.39 is 0 Å². The van der Waals surface area contributed by atoms with E-state index in [1.807, 2.05) is 48.5 Å². The Bertz CT molecular complexity index is 1020. The van der Waals surface area contributed by atoms with Crippen LogP contribution in [0.2, 0.25) is 0 Å². The quantitative estimate of drug-likeness (QED) is 0.622. The Labute approximate surface area is 181 Å². The number of amides is 1. The second kappa shape index (κ2) is 9.61. The van der Waals surface area contributed by atoms with Crippen molar-refractivity contribution >= 4 is 11.6 Å². The standard InChI is InChI=1S/C23H26N4O4/c1-29-19-11-10-16(13-20(19)30-2)22-25-21(31-26-22)15-27-12-6-7-17(14-27)23(28)24-18-8-4-3-5-9-18/h3-5,8-11,13,17H,6-7,12,14-15H2,1-2H3,(H,24,28)/t17-/m0/s1. The van der Waals surface area contributed by atoms with Crippen molar-refractivity contribution in [3.8, 4) is 22.9 Å². The summed E-state index contributed by atoms with van der Waals surface area (Å²) in [5, 5.41) is 7.11. The Morgan fingerprint density at radius 2 is 1.97 bits per heavy atom. The van der Waals surface area contributed by atoms with E-state index >= 15 is 0 Å². The molecule has 4 rings (SSSR count). The summed E-state index contributed by atoms with van der Waals surface area (Å²) >= 11 is 0. The van der Waals surface area contributed by atoms with Crippen molar-refractivity contribution in [3.05, 3.63) is 54.4 Å². The van der Waals surface area contributed by atoms with Crippen LogP contribution in [0.5, 0.6) is 11.5 Å². The van der Waals surface area contributed by atoms with Crippen LogP contribution in [0.3, 0.4) is 0 Å². The summed E-state index contributed by atoms with van der Waals surface area (Å²) in [5.41, 5.74) is 1.60. The highest BCUT2D eigenvalue weighted by atomic mass is 16.5. The highest BCUT2D eigenvalue weighted by Crippen LogP contribution is 2.31. The molecular weight excluding hydrogens is 396 g/mol. The monoisotopic (exact) mass is 422 g/mol. The van der Waals surface area contributed by atoms with Crippen molar-refractivity contribution in [2.24, 2.45) is 5.92 Å². The lowest BCUT2D eigenvalue weighted by molar-refractivity contribution is -0.121. The van der Waals surface area contributed by atoms with Gasteiger partial charge in [0, 0.05) is 17.8 Å². The van der Waals surface area contributed by atoms with Crippen LogP contribution >= 0.6 is 0 Å². The Hall–Kier alpha value is -3.39. The molecule has 1 saturated heterocycles. The van der Waals surface area contributed by atoms with E-state index in [0.717, 1.165) is 30.6 Å². The predicted octanol–water partition coefficient (Wildman–Crippen LogP) is 3.60. The molecule has 2 heterocycles. The first-order valence-corrected chi connectivity index (χ1v) is 10.3. The van der Waals surface area contributed by atoms with Gasteiger partial charge in [0.1, 0.15) is 0 Å². The Morgan fingerprint density at radius 1 is 1.16 bits per heavy atom. The van der Waals surface area contributed by atoms with Gasteiger partial charge in [-0.1, -0.05) is 23.4 Å². The van der Waals surface area contributed by atoms with Crippen LogP contribution in [0.1, 0.15) is 18.7 Å². The SMILES string of the molecule is COc1ccc(-c2noc(CN3CCC[C@H](C(=O)Nc4ccccc4)C3)n2)cc1OC. The number of carbonyl (C=O) groups is 1. The number of nitrogens with one attached hydrogen (secondary N) is 1. The summed E-state index contributed by atoms with van der Waals surface area (Å²) in [5.74, 6) is 2.24. The number of anilines is 1. The molecule has 1 aromatic heterocycles. The molecule has 3 aromatic rings. The van der Waals surface area contributed by atoms with Crippen LogP contribution < -0.4 is 14.8 Å². The minimum absolute atomic E-state index is 0.0486. The number of hydrogen-bond donors (Lipinski definition) is 1. The van der Waals surface area contributed by atoms with Gasteiger partial charge in [0.25, 0.3) is 0 Å². The summed E-state index contributed by atoms with van der Waals surface area (Å²) in [4.78, 5) is 19.4. The Balaban J connectivity index is 1.38.